The maximum Gasteiger partial charge on any atom is 0.416 e. The molecule has 1 unspecified atom stereocenters. The molecule has 11 heteroatoms. The van der Waals surface area contributed by atoms with Gasteiger partial charge in [0, 0.05) is 44.3 Å². The van der Waals surface area contributed by atoms with Gasteiger partial charge >= 0.3 is 6.18 Å². The van der Waals surface area contributed by atoms with Crippen LogP contribution in [-0.2, 0) is 28.6 Å². The van der Waals surface area contributed by atoms with Gasteiger partial charge in [-0.05, 0) is 49.1 Å². The molecule has 0 spiro atoms. The number of carbonyl (C=O) groups is 2. The molecule has 5 rings (SSSR count). The third kappa shape index (κ3) is 8.54. The fraction of sp³-hybridized carbons (Fsp3) is 0.353. The molecule has 236 valence electrons. The number of piperazine rings is 1. The summed E-state index contributed by atoms with van der Waals surface area (Å²) in [6, 6.07) is 24.4. The van der Waals surface area contributed by atoms with Crippen LogP contribution in [0.1, 0.15) is 48.7 Å². The van der Waals surface area contributed by atoms with E-state index in [0.29, 0.717) is 67.7 Å². The van der Waals surface area contributed by atoms with Gasteiger partial charge in [0.05, 0.1) is 17.7 Å². The molecule has 4 aromatic rings. The molecule has 0 radical (unpaired) electrons. The van der Waals surface area contributed by atoms with Crippen molar-refractivity contribution in [1.29, 1.82) is 0 Å². The Morgan fingerprint density at radius 3 is 2.27 bits per heavy atom. The number of amides is 2. The molecule has 1 aliphatic heterocycles. The highest BCUT2D eigenvalue weighted by molar-refractivity contribution is 7.99. The highest BCUT2D eigenvalue weighted by Crippen LogP contribution is 2.32. The molecule has 7 nitrogen and oxygen atoms in total. The predicted octanol–water partition coefficient (Wildman–Crippen LogP) is 6.44. The molecule has 1 saturated heterocycles. The molecule has 1 aromatic heterocycles. The van der Waals surface area contributed by atoms with Crippen LogP contribution in [0, 0.1) is 0 Å². The first-order chi connectivity index (χ1) is 21.7. The molecule has 0 aliphatic carbocycles. The fourth-order valence-electron chi connectivity index (χ4n) is 5.49. The summed E-state index contributed by atoms with van der Waals surface area (Å²) >= 11 is 1.42. The number of hydrogen-bond donors (Lipinski definition) is 0. The summed E-state index contributed by atoms with van der Waals surface area (Å²) in [4.78, 5) is 29.5. The van der Waals surface area contributed by atoms with E-state index in [1.54, 1.807) is 10.6 Å². The first-order valence-corrected chi connectivity index (χ1v) is 16.1. The second-order valence-electron chi connectivity index (χ2n) is 11.2. The van der Waals surface area contributed by atoms with Crippen molar-refractivity contribution < 1.29 is 22.8 Å². The minimum atomic E-state index is -4.47. The number of aromatic nitrogens is 3. The lowest BCUT2D eigenvalue weighted by molar-refractivity contribution is -0.142. The summed E-state index contributed by atoms with van der Waals surface area (Å²) in [6.45, 7) is 3.53. The standard InChI is InChI=1S/C34H36F3N5O2S/c1-25-24-40(18-19-41(25)32(44)22-27-13-6-3-7-14-27)31(43)17-8-9-20-45-33-39-38-30(21-26-11-4-2-5-12-26)42(33)29-16-10-15-28(23-29)34(35,36)37/h2-7,10-16,23,25H,8-9,17-22,24H2,1H3. The van der Waals surface area contributed by atoms with Gasteiger partial charge in [-0.25, -0.2) is 0 Å². The number of nitrogens with zero attached hydrogens (tertiary/aromatic N) is 5. The maximum atomic E-state index is 13.5. The highest BCUT2D eigenvalue weighted by Gasteiger charge is 2.31. The minimum Gasteiger partial charge on any atom is -0.339 e. The van der Waals surface area contributed by atoms with Gasteiger partial charge in [-0.3, -0.25) is 14.2 Å². The molecule has 3 aromatic carbocycles. The summed E-state index contributed by atoms with van der Waals surface area (Å²) in [7, 11) is 0. The number of rotatable bonds is 11. The topological polar surface area (TPSA) is 71.3 Å². The number of unbranched alkanes of at least 4 members (excludes halogenated alkanes) is 1. The lowest BCUT2D eigenvalue weighted by Crippen LogP contribution is -2.55. The Labute approximate surface area is 265 Å². The van der Waals surface area contributed by atoms with Gasteiger partial charge < -0.3 is 9.80 Å². The molecule has 45 heavy (non-hydrogen) atoms. The quantitative estimate of drug-likeness (QED) is 0.140. The van der Waals surface area contributed by atoms with Gasteiger partial charge in [-0.2, -0.15) is 13.2 Å². The van der Waals surface area contributed by atoms with Crippen LogP contribution in [0.25, 0.3) is 5.69 Å². The molecule has 2 amide bonds. The Kier molecular flexibility index (Phi) is 10.6. The Morgan fingerprint density at radius 2 is 1.58 bits per heavy atom. The average Bonchev–Trinajstić information content (AvgIpc) is 3.43. The molecule has 0 bridgehead atoms. The van der Waals surface area contributed by atoms with Crippen LogP contribution < -0.4 is 0 Å². The molecule has 1 fully saturated rings. The summed E-state index contributed by atoms with van der Waals surface area (Å²) in [5.74, 6) is 1.32. The van der Waals surface area contributed by atoms with E-state index in [-0.39, 0.29) is 17.9 Å². The van der Waals surface area contributed by atoms with Crippen molar-refractivity contribution in [3.8, 4) is 5.69 Å². The number of thioether (sulfide) groups is 1. The number of carbonyl (C=O) groups excluding carboxylic acids is 2. The second kappa shape index (κ2) is 14.8. The molecule has 2 heterocycles. The van der Waals surface area contributed by atoms with E-state index in [1.165, 1.54) is 17.8 Å². The van der Waals surface area contributed by atoms with E-state index in [1.807, 2.05) is 77.4 Å². The van der Waals surface area contributed by atoms with Gasteiger partial charge in [0.1, 0.15) is 5.82 Å². The van der Waals surface area contributed by atoms with E-state index in [4.69, 9.17) is 0 Å². The zero-order chi connectivity index (χ0) is 31.8. The van der Waals surface area contributed by atoms with Crippen LogP contribution in [-0.4, -0.2) is 67.8 Å². The zero-order valence-electron chi connectivity index (χ0n) is 25.1. The monoisotopic (exact) mass is 635 g/mol. The largest absolute Gasteiger partial charge is 0.416 e. The summed E-state index contributed by atoms with van der Waals surface area (Å²) in [5, 5.41) is 9.18. The van der Waals surface area contributed by atoms with Gasteiger partial charge in [0.25, 0.3) is 0 Å². The Balaban J connectivity index is 1.14. The van der Waals surface area contributed by atoms with E-state index in [9.17, 15) is 22.8 Å². The average molecular weight is 636 g/mol. The van der Waals surface area contributed by atoms with E-state index >= 15 is 0 Å². The minimum absolute atomic E-state index is 0.0539. The predicted molar refractivity (Wildman–Crippen MR) is 168 cm³/mol. The number of hydrogen-bond acceptors (Lipinski definition) is 5. The van der Waals surface area contributed by atoms with E-state index < -0.39 is 11.7 Å². The van der Waals surface area contributed by atoms with Crippen molar-refractivity contribution in [1.82, 2.24) is 24.6 Å². The zero-order valence-corrected chi connectivity index (χ0v) is 25.9. The van der Waals surface area contributed by atoms with Gasteiger partial charge in [-0.15, -0.1) is 10.2 Å². The van der Waals surface area contributed by atoms with Crippen LogP contribution >= 0.6 is 11.8 Å². The summed E-state index contributed by atoms with van der Waals surface area (Å²) in [6.07, 6.45) is -1.90. The van der Waals surface area contributed by atoms with Gasteiger partial charge in [0.2, 0.25) is 11.8 Å². The summed E-state index contributed by atoms with van der Waals surface area (Å²) in [5.41, 5.74) is 1.58. The third-order valence-corrected chi connectivity index (χ3v) is 8.87. The Bertz CT molecular complexity index is 1580. The first-order valence-electron chi connectivity index (χ1n) is 15.1. The maximum absolute atomic E-state index is 13.5. The first kappa shape index (κ1) is 32.3. The second-order valence-corrected chi connectivity index (χ2v) is 12.3. The van der Waals surface area contributed by atoms with Crippen LogP contribution in [0.5, 0.6) is 0 Å². The van der Waals surface area contributed by atoms with Crippen LogP contribution in [0.4, 0.5) is 13.2 Å². The van der Waals surface area contributed by atoms with Crippen LogP contribution in [0.2, 0.25) is 0 Å². The lowest BCUT2D eigenvalue weighted by atomic mass is 10.1. The summed E-state index contributed by atoms with van der Waals surface area (Å²) < 4.78 is 42.2. The van der Waals surface area contributed by atoms with Gasteiger partial charge in [0.15, 0.2) is 5.16 Å². The van der Waals surface area contributed by atoms with Crippen molar-refractivity contribution in [2.24, 2.45) is 0 Å². The Hall–Kier alpha value is -4.12. The van der Waals surface area contributed by atoms with Crippen molar-refractivity contribution in [3.05, 3.63) is 107 Å². The van der Waals surface area contributed by atoms with Crippen molar-refractivity contribution in [2.75, 3.05) is 25.4 Å². The van der Waals surface area contributed by atoms with Gasteiger partial charge in [-0.1, -0.05) is 78.5 Å². The molecular weight excluding hydrogens is 599 g/mol. The van der Waals surface area contributed by atoms with Crippen molar-refractivity contribution in [2.45, 2.75) is 56.4 Å². The number of alkyl halides is 3. The SMILES string of the molecule is CC1CN(C(=O)CCCCSc2nnc(Cc3ccccc3)n2-c2cccc(C(F)(F)F)c2)CCN1C(=O)Cc1ccccc1. The smallest absolute Gasteiger partial charge is 0.339 e. The van der Waals surface area contributed by atoms with Crippen molar-refractivity contribution in [3.63, 3.8) is 0 Å². The highest BCUT2D eigenvalue weighted by atomic mass is 32.2. The molecule has 1 atom stereocenters. The molecule has 0 N–H and O–H groups in total. The van der Waals surface area contributed by atoms with Crippen molar-refractivity contribution >= 4 is 23.6 Å². The van der Waals surface area contributed by atoms with E-state index in [0.717, 1.165) is 29.7 Å². The number of halogens is 3. The number of benzene rings is 3. The lowest BCUT2D eigenvalue weighted by Gasteiger charge is -2.40. The normalized spacial score (nSPS) is 15.3. The van der Waals surface area contributed by atoms with Crippen LogP contribution in [0.3, 0.4) is 0 Å². The van der Waals surface area contributed by atoms with Crippen LogP contribution in [0.15, 0.2) is 90.1 Å². The molecule has 0 saturated carbocycles. The fourth-order valence-corrected chi connectivity index (χ4v) is 6.46. The van der Waals surface area contributed by atoms with E-state index in [2.05, 4.69) is 10.2 Å². The molecule has 1 aliphatic rings. The molecular formula is C34H36F3N5O2S. The Morgan fingerprint density at radius 1 is 0.867 bits per heavy atom. The third-order valence-electron chi connectivity index (χ3n) is 7.85.